The number of para-hydroxylation sites is 1. The smallest absolute Gasteiger partial charge is 0.339 e. The molecule has 5 nitrogen and oxygen atoms in total. The predicted molar refractivity (Wildman–Crippen MR) is 126 cm³/mol. The third kappa shape index (κ3) is 6.23. The Morgan fingerprint density at radius 1 is 1.10 bits per heavy atom. The van der Waals surface area contributed by atoms with Crippen LogP contribution < -0.4 is 15.5 Å². The largest absolute Gasteiger partial charge is 0.488 e. The Bertz CT molecular complexity index is 1090. The Morgan fingerprint density at radius 2 is 1.90 bits per heavy atom. The van der Waals surface area contributed by atoms with Gasteiger partial charge in [0.25, 0.3) is 0 Å². The molecule has 0 aliphatic heterocycles. The van der Waals surface area contributed by atoms with Crippen molar-refractivity contribution in [2.45, 2.75) is 13.5 Å². The molecule has 0 unspecified atom stereocenters. The number of ether oxygens (including phenoxy) is 1. The standard InChI is InChI=1S/C22H18BrCl2N3O2/c1-14-4-2-3-5-20(14)27-22(29)28-26-12-16-11-17(23)7-9-21(16)30-13-15-6-8-18(24)19(25)10-15/h2-12H,13H2,1H3,(H2,27,28,29). The highest BCUT2D eigenvalue weighted by Crippen LogP contribution is 2.25. The predicted octanol–water partition coefficient (Wildman–Crippen LogP) is 6.80. The third-order valence-corrected chi connectivity index (χ3v) is 5.35. The highest BCUT2D eigenvalue weighted by atomic mass is 79.9. The van der Waals surface area contributed by atoms with Gasteiger partial charge in [-0.05, 0) is 54.4 Å². The van der Waals surface area contributed by atoms with Crippen LogP contribution in [0.15, 0.2) is 70.2 Å². The van der Waals surface area contributed by atoms with Crippen molar-refractivity contribution < 1.29 is 9.53 Å². The summed E-state index contributed by atoms with van der Waals surface area (Å²) < 4.78 is 6.76. The van der Waals surface area contributed by atoms with Crippen LogP contribution >= 0.6 is 39.1 Å². The molecule has 0 radical (unpaired) electrons. The van der Waals surface area contributed by atoms with Gasteiger partial charge >= 0.3 is 6.03 Å². The van der Waals surface area contributed by atoms with E-state index in [0.29, 0.717) is 28.0 Å². The van der Waals surface area contributed by atoms with Crippen LogP contribution in [0.2, 0.25) is 10.0 Å². The molecule has 3 aromatic carbocycles. The van der Waals surface area contributed by atoms with Gasteiger partial charge in [0.15, 0.2) is 0 Å². The summed E-state index contributed by atoms with van der Waals surface area (Å²) in [5, 5.41) is 7.74. The number of nitrogens with one attached hydrogen (secondary N) is 2. The zero-order valence-electron chi connectivity index (χ0n) is 16.0. The number of nitrogens with zero attached hydrogens (tertiary/aromatic N) is 1. The van der Waals surface area contributed by atoms with E-state index in [9.17, 15) is 4.79 Å². The molecular weight excluding hydrogens is 489 g/mol. The van der Waals surface area contributed by atoms with Crippen LogP contribution in [0.5, 0.6) is 5.75 Å². The molecule has 3 aromatic rings. The Kier molecular flexibility index (Phi) is 7.74. The molecule has 8 heteroatoms. The second-order valence-corrected chi connectivity index (χ2v) is 8.09. The molecule has 0 aromatic heterocycles. The van der Waals surface area contributed by atoms with Crippen molar-refractivity contribution >= 4 is 57.1 Å². The molecule has 0 atom stereocenters. The zero-order chi connectivity index (χ0) is 21.5. The number of carbonyl (C=O) groups is 1. The van der Waals surface area contributed by atoms with Crippen molar-refractivity contribution in [2.75, 3.05) is 5.32 Å². The maximum absolute atomic E-state index is 12.1. The van der Waals surface area contributed by atoms with E-state index in [2.05, 4.69) is 31.8 Å². The molecule has 0 bridgehead atoms. The van der Waals surface area contributed by atoms with Crippen LogP contribution in [0.25, 0.3) is 0 Å². The average molecular weight is 507 g/mol. The van der Waals surface area contributed by atoms with E-state index >= 15 is 0 Å². The number of halogens is 3. The first-order valence-electron chi connectivity index (χ1n) is 8.94. The van der Waals surface area contributed by atoms with E-state index < -0.39 is 6.03 Å². The van der Waals surface area contributed by atoms with Gasteiger partial charge in [0.2, 0.25) is 0 Å². The number of urea groups is 1. The maximum Gasteiger partial charge on any atom is 0.339 e. The summed E-state index contributed by atoms with van der Waals surface area (Å²) in [6.07, 6.45) is 1.52. The molecule has 30 heavy (non-hydrogen) atoms. The fraction of sp³-hybridized carbons (Fsp3) is 0.0909. The van der Waals surface area contributed by atoms with Gasteiger partial charge in [-0.15, -0.1) is 0 Å². The van der Waals surface area contributed by atoms with Crippen molar-refractivity contribution in [1.82, 2.24) is 5.43 Å². The van der Waals surface area contributed by atoms with Crippen LogP contribution in [0, 0.1) is 6.92 Å². The molecule has 0 spiro atoms. The van der Waals surface area contributed by atoms with E-state index in [4.69, 9.17) is 27.9 Å². The van der Waals surface area contributed by atoms with Gasteiger partial charge in [0, 0.05) is 15.7 Å². The SMILES string of the molecule is Cc1ccccc1NC(=O)NN=Cc1cc(Br)ccc1OCc1ccc(Cl)c(Cl)c1. The molecule has 0 heterocycles. The number of benzene rings is 3. The summed E-state index contributed by atoms with van der Waals surface area (Å²) in [6, 6.07) is 17.9. The highest BCUT2D eigenvalue weighted by Gasteiger charge is 2.06. The van der Waals surface area contributed by atoms with E-state index in [1.807, 2.05) is 55.5 Å². The highest BCUT2D eigenvalue weighted by molar-refractivity contribution is 9.10. The molecule has 0 aliphatic carbocycles. The zero-order valence-corrected chi connectivity index (χ0v) is 19.1. The van der Waals surface area contributed by atoms with Crippen LogP contribution in [0.3, 0.4) is 0 Å². The Hall–Kier alpha value is -2.54. The van der Waals surface area contributed by atoms with Crippen molar-refractivity contribution in [3.63, 3.8) is 0 Å². The number of carbonyl (C=O) groups excluding carboxylic acids is 1. The number of hydrogen-bond acceptors (Lipinski definition) is 3. The third-order valence-electron chi connectivity index (χ3n) is 4.11. The van der Waals surface area contributed by atoms with Crippen LogP contribution in [0.1, 0.15) is 16.7 Å². The molecule has 0 fully saturated rings. The fourth-order valence-corrected chi connectivity index (χ4v) is 3.27. The van der Waals surface area contributed by atoms with Gasteiger partial charge in [-0.25, -0.2) is 10.2 Å². The van der Waals surface area contributed by atoms with E-state index in [-0.39, 0.29) is 0 Å². The lowest BCUT2D eigenvalue weighted by Gasteiger charge is -2.10. The quantitative estimate of drug-likeness (QED) is 0.285. The number of hydrazone groups is 1. The summed E-state index contributed by atoms with van der Waals surface area (Å²) in [5.74, 6) is 0.606. The maximum atomic E-state index is 12.1. The summed E-state index contributed by atoms with van der Waals surface area (Å²) in [7, 11) is 0. The van der Waals surface area contributed by atoms with Gasteiger partial charge < -0.3 is 10.1 Å². The molecular formula is C22H18BrCl2N3O2. The van der Waals surface area contributed by atoms with Gasteiger partial charge in [0.05, 0.1) is 16.3 Å². The second-order valence-electron chi connectivity index (χ2n) is 6.36. The second kappa shape index (κ2) is 10.5. The number of amides is 2. The Balaban J connectivity index is 1.65. The fourth-order valence-electron chi connectivity index (χ4n) is 2.57. The van der Waals surface area contributed by atoms with Crippen LogP contribution in [-0.4, -0.2) is 12.2 Å². The van der Waals surface area contributed by atoms with Crippen molar-refractivity contribution in [3.8, 4) is 5.75 Å². The molecule has 154 valence electrons. The first kappa shape index (κ1) is 22.2. The minimum atomic E-state index is -0.436. The van der Waals surface area contributed by atoms with Crippen molar-refractivity contribution in [2.24, 2.45) is 5.10 Å². The molecule has 0 aliphatic rings. The van der Waals surface area contributed by atoms with Gasteiger partial charge in [-0.2, -0.15) is 5.10 Å². The lowest BCUT2D eigenvalue weighted by Crippen LogP contribution is -2.24. The minimum absolute atomic E-state index is 0.306. The lowest BCUT2D eigenvalue weighted by atomic mass is 10.2. The van der Waals surface area contributed by atoms with Gasteiger partial charge in [-0.3, -0.25) is 0 Å². The number of anilines is 1. The summed E-state index contributed by atoms with van der Waals surface area (Å²) >= 11 is 15.4. The molecule has 3 rings (SSSR count). The normalized spacial score (nSPS) is 10.8. The molecule has 0 saturated heterocycles. The monoisotopic (exact) mass is 505 g/mol. The van der Waals surface area contributed by atoms with Gasteiger partial charge in [-0.1, -0.05) is 63.4 Å². The van der Waals surface area contributed by atoms with Crippen LogP contribution in [-0.2, 0) is 6.61 Å². The topological polar surface area (TPSA) is 62.7 Å². The van der Waals surface area contributed by atoms with E-state index in [1.165, 1.54) is 6.21 Å². The molecule has 2 N–H and O–H groups in total. The van der Waals surface area contributed by atoms with Crippen molar-refractivity contribution in [3.05, 3.63) is 91.9 Å². The number of hydrogen-bond donors (Lipinski definition) is 2. The minimum Gasteiger partial charge on any atom is -0.488 e. The van der Waals surface area contributed by atoms with Crippen molar-refractivity contribution in [1.29, 1.82) is 0 Å². The average Bonchev–Trinajstić information content (AvgIpc) is 2.71. The first-order valence-corrected chi connectivity index (χ1v) is 10.5. The number of rotatable bonds is 6. The lowest BCUT2D eigenvalue weighted by molar-refractivity contribution is 0.252. The van der Waals surface area contributed by atoms with Crippen LogP contribution in [0.4, 0.5) is 10.5 Å². The Labute approximate surface area is 193 Å². The van der Waals surface area contributed by atoms with Gasteiger partial charge in [0.1, 0.15) is 12.4 Å². The summed E-state index contributed by atoms with van der Waals surface area (Å²) in [5.41, 5.74) is 5.71. The summed E-state index contributed by atoms with van der Waals surface area (Å²) in [4.78, 5) is 12.1. The molecule has 0 saturated carbocycles. The van der Waals surface area contributed by atoms with E-state index in [1.54, 1.807) is 12.1 Å². The first-order chi connectivity index (χ1) is 14.4. The molecule has 2 amide bonds. The summed E-state index contributed by atoms with van der Waals surface area (Å²) in [6.45, 7) is 2.22. The number of aryl methyl sites for hydroxylation is 1. The Morgan fingerprint density at radius 3 is 2.67 bits per heavy atom. The van der Waals surface area contributed by atoms with E-state index in [0.717, 1.165) is 21.3 Å².